The number of aliphatic hydroxyl groups excluding tert-OH is 2. The maximum absolute atomic E-state index is 12.5. The first kappa shape index (κ1) is 64.3. The van der Waals surface area contributed by atoms with Gasteiger partial charge in [0.2, 0.25) is 5.91 Å². The van der Waals surface area contributed by atoms with Crippen LogP contribution in [0.25, 0.3) is 0 Å². The van der Waals surface area contributed by atoms with Crippen LogP contribution >= 0.6 is 0 Å². The molecule has 0 aliphatic heterocycles. The average molecular weight is 931 g/mol. The molecule has 0 spiro atoms. The summed E-state index contributed by atoms with van der Waals surface area (Å²) in [6, 6.07) is -0.539. The quantitative estimate of drug-likeness (QED) is 0.0420. The second kappa shape index (κ2) is 57.6. The van der Waals surface area contributed by atoms with E-state index in [0.29, 0.717) is 12.8 Å². The first-order valence-electron chi connectivity index (χ1n) is 28.9. The van der Waals surface area contributed by atoms with E-state index in [9.17, 15) is 15.0 Å². The van der Waals surface area contributed by atoms with Crippen molar-refractivity contribution < 1.29 is 15.0 Å². The first-order valence-corrected chi connectivity index (χ1v) is 28.9. The molecule has 0 saturated carbocycles. The van der Waals surface area contributed by atoms with E-state index in [2.05, 4.69) is 116 Å². The SMILES string of the molecule is CC/C=C\C/C=C\C/C=C\C/C=C\C/C=C\C/C=C\C/C=C\C/C=C\CCCCCCCCCCCCCCCCCCC(=O)NC(CO)C(O)CCCCCCCCCCCCCCCC. The number of rotatable bonds is 52. The lowest BCUT2D eigenvalue weighted by Crippen LogP contribution is -2.45. The number of unbranched alkanes of at least 4 members (excludes halogenated alkanes) is 29. The third-order valence-corrected chi connectivity index (χ3v) is 12.9. The van der Waals surface area contributed by atoms with Gasteiger partial charge in [0, 0.05) is 6.42 Å². The number of carbonyl (C=O) groups is 1. The third kappa shape index (κ3) is 54.1. The van der Waals surface area contributed by atoms with Crippen LogP contribution in [0.15, 0.2) is 97.2 Å². The number of aliphatic hydroxyl groups is 2. The number of amides is 1. The van der Waals surface area contributed by atoms with Gasteiger partial charge in [-0.1, -0.05) is 291 Å². The van der Waals surface area contributed by atoms with Gasteiger partial charge in [0.25, 0.3) is 0 Å². The summed E-state index contributed by atoms with van der Waals surface area (Å²) in [6.45, 7) is 4.25. The van der Waals surface area contributed by atoms with E-state index in [-0.39, 0.29) is 12.5 Å². The predicted octanol–water partition coefficient (Wildman–Crippen LogP) is 19.3. The number of hydrogen-bond donors (Lipinski definition) is 3. The van der Waals surface area contributed by atoms with Crippen LogP contribution < -0.4 is 5.32 Å². The molecule has 0 heterocycles. The molecule has 2 unspecified atom stereocenters. The maximum atomic E-state index is 12.5. The molecule has 2 atom stereocenters. The van der Waals surface area contributed by atoms with Gasteiger partial charge < -0.3 is 15.5 Å². The lowest BCUT2D eigenvalue weighted by atomic mass is 10.0. The Kier molecular flexibility index (Phi) is 55.3. The van der Waals surface area contributed by atoms with E-state index in [1.807, 2.05) is 0 Å². The van der Waals surface area contributed by atoms with Crippen molar-refractivity contribution in [3.63, 3.8) is 0 Å². The van der Waals surface area contributed by atoms with Crippen molar-refractivity contribution in [2.24, 2.45) is 0 Å². The molecule has 0 saturated heterocycles. The van der Waals surface area contributed by atoms with E-state index in [4.69, 9.17) is 0 Å². The fourth-order valence-electron chi connectivity index (χ4n) is 8.50. The van der Waals surface area contributed by atoms with Crippen LogP contribution in [0, 0.1) is 0 Å². The van der Waals surface area contributed by atoms with Crippen LogP contribution in [0.5, 0.6) is 0 Å². The Morgan fingerprint density at radius 3 is 0.985 bits per heavy atom. The minimum Gasteiger partial charge on any atom is -0.394 e. The molecule has 1 amide bonds. The van der Waals surface area contributed by atoms with Crippen LogP contribution in [0.2, 0.25) is 0 Å². The summed E-state index contributed by atoms with van der Waals surface area (Å²) in [5, 5.41) is 23.3. The molecular weight excluding hydrogens is 819 g/mol. The molecule has 386 valence electrons. The second-order valence-electron chi connectivity index (χ2n) is 19.3. The highest BCUT2D eigenvalue weighted by Gasteiger charge is 2.20. The fourth-order valence-corrected chi connectivity index (χ4v) is 8.50. The molecule has 0 radical (unpaired) electrons. The lowest BCUT2D eigenvalue weighted by Gasteiger charge is -2.22. The van der Waals surface area contributed by atoms with Crippen molar-refractivity contribution >= 4 is 5.91 Å². The largest absolute Gasteiger partial charge is 0.394 e. The van der Waals surface area contributed by atoms with Gasteiger partial charge in [-0.15, -0.1) is 0 Å². The van der Waals surface area contributed by atoms with Gasteiger partial charge in [-0.3, -0.25) is 4.79 Å². The zero-order valence-corrected chi connectivity index (χ0v) is 44.4. The Morgan fingerprint density at radius 1 is 0.373 bits per heavy atom. The topological polar surface area (TPSA) is 69.6 Å². The molecule has 67 heavy (non-hydrogen) atoms. The van der Waals surface area contributed by atoms with Gasteiger partial charge in [-0.2, -0.15) is 0 Å². The van der Waals surface area contributed by atoms with Crippen molar-refractivity contribution in [2.45, 2.75) is 289 Å². The summed E-state index contributed by atoms with van der Waals surface area (Å²) in [5.41, 5.74) is 0. The molecule has 4 nitrogen and oxygen atoms in total. The Hall–Kier alpha value is -2.69. The van der Waals surface area contributed by atoms with Gasteiger partial charge in [-0.05, 0) is 77.0 Å². The molecule has 0 aromatic carbocycles. The number of hydrogen-bond acceptors (Lipinski definition) is 3. The summed E-state index contributed by atoms with van der Waals surface area (Å²) in [7, 11) is 0. The van der Waals surface area contributed by atoms with E-state index in [1.165, 1.54) is 173 Å². The molecule has 0 aliphatic carbocycles. The van der Waals surface area contributed by atoms with Gasteiger partial charge in [0.05, 0.1) is 18.8 Å². The highest BCUT2D eigenvalue weighted by atomic mass is 16.3. The monoisotopic (exact) mass is 930 g/mol. The van der Waals surface area contributed by atoms with Crippen LogP contribution in [0.1, 0.15) is 277 Å². The van der Waals surface area contributed by atoms with Crippen molar-refractivity contribution in [1.29, 1.82) is 0 Å². The number of allylic oxidation sites excluding steroid dienone is 16. The normalized spacial score (nSPS) is 13.6. The average Bonchev–Trinajstić information content (AvgIpc) is 3.33. The van der Waals surface area contributed by atoms with Crippen LogP contribution in [0.3, 0.4) is 0 Å². The molecule has 0 aliphatic rings. The van der Waals surface area contributed by atoms with Gasteiger partial charge >= 0.3 is 0 Å². The summed E-state index contributed by atoms with van der Waals surface area (Å²) in [4.78, 5) is 12.5. The zero-order valence-electron chi connectivity index (χ0n) is 44.4. The Balaban J connectivity index is 3.49. The molecule has 0 rings (SSSR count). The molecule has 0 aromatic rings. The van der Waals surface area contributed by atoms with Crippen molar-refractivity contribution in [3.8, 4) is 0 Å². The highest BCUT2D eigenvalue weighted by molar-refractivity contribution is 5.76. The van der Waals surface area contributed by atoms with E-state index in [0.717, 1.165) is 77.0 Å². The molecule has 3 N–H and O–H groups in total. The van der Waals surface area contributed by atoms with Gasteiger partial charge in [0.15, 0.2) is 0 Å². The van der Waals surface area contributed by atoms with E-state index in [1.54, 1.807) is 0 Å². The maximum Gasteiger partial charge on any atom is 0.220 e. The molecule has 4 heteroatoms. The van der Waals surface area contributed by atoms with Crippen LogP contribution in [-0.4, -0.2) is 34.9 Å². The summed E-state index contributed by atoms with van der Waals surface area (Å²) in [5.74, 6) is -0.0322. The van der Waals surface area contributed by atoms with Gasteiger partial charge in [-0.25, -0.2) is 0 Å². The van der Waals surface area contributed by atoms with Gasteiger partial charge in [0.1, 0.15) is 0 Å². The fraction of sp³-hybridized carbons (Fsp3) is 0.730. The smallest absolute Gasteiger partial charge is 0.220 e. The van der Waals surface area contributed by atoms with Crippen molar-refractivity contribution in [1.82, 2.24) is 5.32 Å². The lowest BCUT2D eigenvalue weighted by molar-refractivity contribution is -0.123. The Morgan fingerprint density at radius 2 is 0.657 bits per heavy atom. The van der Waals surface area contributed by atoms with Crippen molar-refractivity contribution in [3.05, 3.63) is 97.2 Å². The Bertz CT molecular complexity index is 1240. The van der Waals surface area contributed by atoms with Crippen LogP contribution in [-0.2, 0) is 4.79 Å². The summed E-state index contributed by atoms with van der Waals surface area (Å²) >= 11 is 0. The number of nitrogens with one attached hydrogen (secondary N) is 1. The highest BCUT2D eigenvalue weighted by Crippen LogP contribution is 2.17. The molecule has 0 bridgehead atoms. The van der Waals surface area contributed by atoms with E-state index >= 15 is 0 Å². The molecular formula is C63H111NO3. The minimum atomic E-state index is -0.662. The minimum absolute atomic E-state index is 0.0322. The number of carbonyl (C=O) groups excluding carboxylic acids is 1. The van der Waals surface area contributed by atoms with E-state index < -0.39 is 12.1 Å². The van der Waals surface area contributed by atoms with Crippen LogP contribution in [0.4, 0.5) is 0 Å². The summed E-state index contributed by atoms with van der Waals surface area (Å²) in [6.07, 6.45) is 85.4. The Labute approximate surface area is 417 Å². The molecule has 0 aromatic heterocycles. The van der Waals surface area contributed by atoms with Crippen molar-refractivity contribution in [2.75, 3.05) is 6.61 Å². The molecule has 0 fully saturated rings. The zero-order chi connectivity index (χ0) is 48.5. The summed E-state index contributed by atoms with van der Waals surface area (Å²) < 4.78 is 0. The predicted molar refractivity (Wildman–Crippen MR) is 299 cm³/mol. The third-order valence-electron chi connectivity index (χ3n) is 12.9. The first-order chi connectivity index (χ1) is 33.2. The second-order valence-corrected chi connectivity index (χ2v) is 19.3. The standard InChI is InChI=1S/C63H111NO3/c1-3-5-7-9-11-13-15-17-19-20-21-22-23-24-25-26-27-28-29-30-31-32-33-34-35-36-37-38-39-40-41-42-43-44-45-47-49-51-53-55-57-59-63(67)64-61(60-65)62(66)58-56-54-52-50-48-46-18-16-14-12-10-8-6-4-2/h5,7,11,13,17,19,21-22,24-25,27-28,30-31,33-34,61-62,65-66H,3-4,6,8-10,12,14-16,18,20,23,26,29,32,35-60H2,1-2H3,(H,64,67)/b7-5-,13-11-,19-17-,22-21-,25-24-,28-27-,31-30-,34-33-.